The van der Waals surface area contributed by atoms with Gasteiger partial charge in [-0.3, -0.25) is 4.99 Å². The maximum Gasteiger partial charge on any atom is 0.345 e. The number of rotatable bonds is 21. The number of ether oxygens (including phenoxy) is 2. The number of nitrogens with one attached hydrogen (secondary N) is 5. The highest BCUT2D eigenvalue weighted by molar-refractivity contribution is 7.89. The standard InChI is InChI=1S/C47H61N7O6S/c1-4-5-6-12-29-48-45(56)52-39-21-17-37(18-22-39)47(27-10-11-28-47)34-49-43-44(54-61(57,58)53-43)51-38-19-15-35(16-20-38)30-46(2,3)50-31-40(55)33-60-42-25-23-41(24-26-42)59-32-36-13-8-7-9-14-36/h7-9,13-26,40,50,55H,4-6,10-12,27-34H2,1-3H3,(H,49,53)(H,51,54)(H2,48,52,56)/t40-/m1/s1. The smallest absolute Gasteiger partial charge is 0.345 e. The molecule has 0 aromatic heterocycles. The van der Waals surface area contributed by atoms with E-state index in [1.807, 2.05) is 103 Å². The Hall–Kier alpha value is -5.44. The highest BCUT2D eigenvalue weighted by Crippen LogP contribution is 2.42. The van der Waals surface area contributed by atoms with Crippen molar-refractivity contribution >= 4 is 39.3 Å². The minimum absolute atomic E-state index is 0.139. The third kappa shape index (κ3) is 14.1. The molecule has 1 atom stereocenters. The number of benzene rings is 4. The summed E-state index contributed by atoms with van der Waals surface area (Å²) in [7, 11) is -3.95. The molecule has 6 rings (SSSR count). The first kappa shape index (κ1) is 45.1. The van der Waals surface area contributed by atoms with Crippen LogP contribution in [0.3, 0.4) is 0 Å². The molecule has 1 saturated carbocycles. The van der Waals surface area contributed by atoms with Gasteiger partial charge in [-0.2, -0.15) is 8.42 Å². The lowest BCUT2D eigenvalue weighted by Crippen LogP contribution is -2.46. The van der Waals surface area contributed by atoms with Crippen LogP contribution < -0.4 is 35.5 Å². The van der Waals surface area contributed by atoms with E-state index in [0.717, 1.165) is 67.4 Å². The molecule has 1 aliphatic heterocycles. The molecule has 14 heteroatoms. The fourth-order valence-electron chi connectivity index (χ4n) is 7.64. The van der Waals surface area contributed by atoms with E-state index >= 15 is 0 Å². The highest BCUT2D eigenvalue weighted by atomic mass is 32.2. The molecule has 1 aliphatic carbocycles. The maximum absolute atomic E-state index is 12.6. The lowest BCUT2D eigenvalue weighted by atomic mass is 9.79. The lowest BCUT2D eigenvalue weighted by Gasteiger charge is -2.28. The number of nitrogens with zero attached hydrogens (tertiary/aromatic N) is 2. The molecule has 0 saturated heterocycles. The van der Waals surface area contributed by atoms with Crippen molar-refractivity contribution in [3.05, 3.63) is 120 Å². The average Bonchev–Trinajstić information content (AvgIpc) is 3.85. The Morgan fingerprint density at radius 1 is 0.869 bits per heavy atom. The second-order valence-corrected chi connectivity index (χ2v) is 18.0. The van der Waals surface area contributed by atoms with E-state index < -0.39 is 16.3 Å². The minimum atomic E-state index is -3.95. The summed E-state index contributed by atoms with van der Waals surface area (Å²) >= 11 is 0. The SMILES string of the molecule is CCCCCCNC(=O)Nc1ccc(C2(CN=C3NS(=O)(=O)N=C3Nc3ccc(CC(C)(C)NC[C@@H](O)COc4ccc(OCc5ccccc5)cc4)cc3)CCCC2)cc1. The van der Waals surface area contributed by atoms with E-state index in [1.165, 1.54) is 6.42 Å². The summed E-state index contributed by atoms with van der Waals surface area (Å²) in [5.41, 5.74) is 4.05. The molecule has 6 N–H and O–H groups in total. The number of amidine groups is 2. The summed E-state index contributed by atoms with van der Waals surface area (Å²) in [5, 5.41) is 23.1. The van der Waals surface area contributed by atoms with Gasteiger partial charge in [-0.05, 0) is 105 Å². The second kappa shape index (κ2) is 21.4. The Balaban J connectivity index is 0.968. The molecule has 4 aromatic rings. The van der Waals surface area contributed by atoms with Gasteiger partial charge in [0.05, 0.1) is 6.54 Å². The summed E-state index contributed by atoms with van der Waals surface area (Å²) in [6, 6.07) is 32.8. The van der Waals surface area contributed by atoms with Crippen LogP contribution >= 0.6 is 0 Å². The Morgan fingerprint density at radius 2 is 1.54 bits per heavy atom. The quantitative estimate of drug-likeness (QED) is 0.0459. The number of hydrogen-bond acceptors (Lipinski definition) is 9. The molecule has 0 unspecified atom stereocenters. The lowest BCUT2D eigenvalue weighted by molar-refractivity contribution is 0.0988. The fraction of sp³-hybridized carbons (Fsp3) is 0.426. The Kier molecular flexibility index (Phi) is 15.8. The van der Waals surface area contributed by atoms with Crippen LogP contribution in [0.5, 0.6) is 11.5 Å². The highest BCUT2D eigenvalue weighted by Gasteiger charge is 2.37. The number of carbonyl (C=O) groups is 1. The monoisotopic (exact) mass is 851 g/mol. The molecule has 0 bridgehead atoms. The van der Waals surface area contributed by atoms with Crippen LogP contribution in [0.2, 0.25) is 0 Å². The van der Waals surface area contributed by atoms with E-state index in [-0.39, 0.29) is 35.3 Å². The summed E-state index contributed by atoms with van der Waals surface area (Å²) < 4.78 is 43.4. The van der Waals surface area contributed by atoms with E-state index in [0.29, 0.717) is 49.8 Å². The molecular weight excluding hydrogens is 791 g/mol. The Bertz CT molecular complexity index is 2170. The number of aliphatic imine (C=N–C) groups is 1. The number of hydrogen-bond donors (Lipinski definition) is 6. The van der Waals surface area contributed by atoms with Gasteiger partial charge in [-0.25, -0.2) is 9.52 Å². The molecule has 61 heavy (non-hydrogen) atoms. The summed E-state index contributed by atoms with van der Waals surface area (Å²) in [4.78, 5) is 17.2. The van der Waals surface area contributed by atoms with Crippen LogP contribution in [0.4, 0.5) is 16.2 Å². The molecule has 13 nitrogen and oxygen atoms in total. The zero-order valence-electron chi connectivity index (χ0n) is 35.6. The van der Waals surface area contributed by atoms with E-state index in [1.54, 1.807) is 0 Å². The molecular formula is C47H61N7O6S. The van der Waals surface area contributed by atoms with Gasteiger partial charge in [-0.15, -0.1) is 4.40 Å². The van der Waals surface area contributed by atoms with Crippen molar-refractivity contribution < 1.29 is 27.8 Å². The number of amides is 2. The van der Waals surface area contributed by atoms with Gasteiger partial charge >= 0.3 is 16.2 Å². The number of unbranched alkanes of at least 4 members (excludes halogenated alkanes) is 3. The molecule has 1 heterocycles. The van der Waals surface area contributed by atoms with Crippen molar-refractivity contribution in [3.63, 3.8) is 0 Å². The van der Waals surface area contributed by atoms with Gasteiger partial charge in [0.15, 0.2) is 11.7 Å². The predicted molar refractivity (Wildman–Crippen MR) is 244 cm³/mol. The third-order valence-electron chi connectivity index (χ3n) is 11.0. The summed E-state index contributed by atoms with van der Waals surface area (Å²) in [5.74, 6) is 1.72. The minimum Gasteiger partial charge on any atom is -0.491 e. The van der Waals surface area contributed by atoms with Crippen LogP contribution in [-0.4, -0.2) is 69.1 Å². The molecule has 2 amide bonds. The van der Waals surface area contributed by atoms with E-state index in [9.17, 15) is 18.3 Å². The predicted octanol–water partition coefficient (Wildman–Crippen LogP) is 7.89. The molecule has 0 radical (unpaired) electrons. The third-order valence-corrected chi connectivity index (χ3v) is 11.9. The summed E-state index contributed by atoms with van der Waals surface area (Å²) in [6.45, 7) is 8.31. The first-order chi connectivity index (χ1) is 29.4. The number of anilines is 2. The van der Waals surface area contributed by atoms with Crippen molar-refractivity contribution in [2.45, 2.75) is 102 Å². The van der Waals surface area contributed by atoms with Crippen LogP contribution in [0.1, 0.15) is 88.8 Å². The molecule has 1 fully saturated rings. The number of carbonyl (C=O) groups excluding carboxylic acids is 1. The van der Waals surface area contributed by atoms with E-state index in [2.05, 4.69) is 51.2 Å². The average molecular weight is 852 g/mol. The van der Waals surface area contributed by atoms with Crippen molar-refractivity contribution in [2.75, 3.05) is 36.9 Å². The topological polar surface area (TPSA) is 175 Å². The number of urea groups is 1. The van der Waals surface area contributed by atoms with Crippen LogP contribution in [0.15, 0.2) is 113 Å². The van der Waals surface area contributed by atoms with Gasteiger partial charge in [0.2, 0.25) is 0 Å². The molecule has 0 spiro atoms. The fourth-order valence-corrected chi connectivity index (χ4v) is 8.46. The van der Waals surface area contributed by atoms with Gasteiger partial charge in [0.1, 0.15) is 30.8 Å². The maximum atomic E-state index is 12.6. The first-order valence-corrected chi connectivity index (χ1v) is 22.8. The molecule has 2 aliphatic rings. The number of β-amino-alcohol motifs (C(OH)–C–C–N with tert-alkyl or cyclic N) is 1. The van der Waals surface area contributed by atoms with Gasteiger partial charge in [-0.1, -0.05) is 93.6 Å². The number of aliphatic hydroxyl groups excluding tert-OH is 1. The molecule has 326 valence electrons. The van der Waals surface area contributed by atoms with Gasteiger partial charge in [0.25, 0.3) is 0 Å². The van der Waals surface area contributed by atoms with E-state index in [4.69, 9.17) is 14.5 Å². The van der Waals surface area contributed by atoms with Crippen LogP contribution in [-0.2, 0) is 28.7 Å². The zero-order valence-corrected chi connectivity index (χ0v) is 36.4. The Morgan fingerprint density at radius 3 is 2.23 bits per heavy atom. The second-order valence-electron chi connectivity index (χ2n) is 16.7. The van der Waals surface area contributed by atoms with Crippen molar-refractivity contribution in [3.8, 4) is 11.5 Å². The van der Waals surface area contributed by atoms with Crippen molar-refractivity contribution in [2.24, 2.45) is 9.39 Å². The zero-order chi connectivity index (χ0) is 43.1. The van der Waals surface area contributed by atoms with Crippen molar-refractivity contribution in [1.82, 2.24) is 15.4 Å². The molecule has 4 aromatic carbocycles. The van der Waals surface area contributed by atoms with Crippen LogP contribution in [0.25, 0.3) is 0 Å². The summed E-state index contributed by atoms with van der Waals surface area (Å²) in [6.07, 6.45) is 8.27. The van der Waals surface area contributed by atoms with Gasteiger partial charge in [0, 0.05) is 35.4 Å². The number of aliphatic hydroxyl groups is 1. The Labute approximate surface area is 361 Å². The van der Waals surface area contributed by atoms with Crippen molar-refractivity contribution in [1.29, 1.82) is 0 Å². The first-order valence-electron chi connectivity index (χ1n) is 21.4. The van der Waals surface area contributed by atoms with Crippen LogP contribution in [0, 0.1) is 0 Å². The normalized spacial score (nSPS) is 16.7. The van der Waals surface area contributed by atoms with Gasteiger partial charge < -0.3 is 35.8 Å². The largest absolute Gasteiger partial charge is 0.491 e.